The van der Waals surface area contributed by atoms with Gasteiger partial charge >= 0.3 is 0 Å². The van der Waals surface area contributed by atoms with Crippen LogP contribution in [0.1, 0.15) is 15.9 Å². The first-order valence-electron chi connectivity index (χ1n) is 5.14. The topological polar surface area (TPSA) is 46.9 Å². The highest BCUT2D eigenvalue weighted by molar-refractivity contribution is 9.10. The predicted octanol–water partition coefficient (Wildman–Crippen LogP) is 2.74. The van der Waals surface area contributed by atoms with Gasteiger partial charge in [0, 0.05) is 23.2 Å². The Balaban J connectivity index is 2.27. The van der Waals surface area contributed by atoms with Crippen molar-refractivity contribution in [1.82, 2.24) is 9.78 Å². The van der Waals surface area contributed by atoms with Crippen molar-refractivity contribution in [2.75, 3.05) is 5.32 Å². The number of anilines is 1. The van der Waals surface area contributed by atoms with Crippen LogP contribution in [-0.4, -0.2) is 15.7 Å². The Bertz CT molecular complexity index is 563. The van der Waals surface area contributed by atoms with E-state index < -0.39 is 0 Å². The van der Waals surface area contributed by atoms with Gasteiger partial charge in [0.2, 0.25) is 0 Å². The first-order chi connectivity index (χ1) is 8.09. The number of rotatable bonds is 2. The van der Waals surface area contributed by atoms with Gasteiger partial charge in [-0.05, 0) is 24.6 Å². The molecule has 1 aromatic heterocycles. The zero-order valence-corrected chi connectivity index (χ0v) is 11.2. The number of hydrogen-bond acceptors (Lipinski definition) is 2. The molecule has 0 atom stereocenters. The molecule has 1 aromatic carbocycles. The smallest absolute Gasteiger partial charge is 0.257 e. The van der Waals surface area contributed by atoms with Crippen molar-refractivity contribution >= 4 is 27.7 Å². The molecular weight excluding hydrogens is 282 g/mol. The van der Waals surface area contributed by atoms with Crippen molar-refractivity contribution < 1.29 is 4.79 Å². The van der Waals surface area contributed by atoms with Crippen LogP contribution in [0, 0.1) is 6.92 Å². The van der Waals surface area contributed by atoms with E-state index in [1.165, 1.54) is 0 Å². The third-order valence-electron chi connectivity index (χ3n) is 2.57. The number of nitrogens with zero attached hydrogens (tertiary/aromatic N) is 2. The van der Waals surface area contributed by atoms with E-state index in [4.69, 9.17) is 0 Å². The van der Waals surface area contributed by atoms with E-state index >= 15 is 0 Å². The van der Waals surface area contributed by atoms with Gasteiger partial charge in [0.05, 0.1) is 6.20 Å². The van der Waals surface area contributed by atoms with Crippen LogP contribution in [0.3, 0.4) is 0 Å². The van der Waals surface area contributed by atoms with Crippen molar-refractivity contribution in [1.29, 1.82) is 0 Å². The molecule has 0 aliphatic rings. The number of halogens is 1. The molecule has 0 saturated carbocycles. The molecule has 0 aliphatic carbocycles. The summed E-state index contributed by atoms with van der Waals surface area (Å²) < 4.78 is 2.54. The van der Waals surface area contributed by atoms with Crippen LogP contribution in [0.2, 0.25) is 0 Å². The molecule has 0 fully saturated rings. The second-order valence-corrected chi connectivity index (χ2v) is 4.56. The Labute approximate surface area is 108 Å². The van der Waals surface area contributed by atoms with Gasteiger partial charge < -0.3 is 5.32 Å². The minimum absolute atomic E-state index is 0.132. The van der Waals surface area contributed by atoms with E-state index in [1.807, 2.05) is 19.1 Å². The fourth-order valence-electron chi connectivity index (χ4n) is 1.53. The number of aryl methyl sites for hydroxylation is 1. The summed E-state index contributed by atoms with van der Waals surface area (Å²) in [5.74, 6) is 0.543. The lowest BCUT2D eigenvalue weighted by Gasteiger charge is -2.08. The van der Waals surface area contributed by atoms with Crippen molar-refractivity contribution in [3.8, 4) is 0 Å². The minimum Gasteiger partial charge on any atom is -0.307 e. The molecule has 2 aromatic rings. The standard InChI is InChI=1S/C12H12BrN3O/c1-8-9(4-3-5-10(8)13)12(17)15-11-6-7-14-16(11)2/h3-7H,1-2H3,(H,15,17). The molecule has 1 amide bonds. The van der Waals surface area contributed by atoms with Gasteiger partial charge in [0.25, 0.3) is 5.91 Å². The Morgan fingerprint density at radius 1 is 1.41 bits per heavy atom. The largest absolute Gasteiger partial charge is 0.307 e. The van der Waals surface area contributed by atoms with Gasteiger partial charge in [-0.2, -0.15) is 5.10 Å². The summed E-state index contributed by atoms with van der Waals surface area (Å²) in [7, 11) is 1.78. The maximum absolute atomic E-state index is 12.1. The Kier molecular flexibility index (Phi) is 3.28. The second kappa shape index (κ2) is 4.71. The van der Waals surface area contributed by atoms with E-state index in [9.17, 15) is 4.79 Å². The SMILES string of the molecule is Cc1c(Br)cccc1C(=O)Nc1ccnn1C. The molecule has 0 unspecified atom stereocenters. The summed E-state index contributed by atoms with van der Waals surface area (Å²) in [4.78, 5) is 12.1. The van der Waals surface area contributed by atoms with Gasteiger partial charge in [0.1, 0.15) is 5.82 Å². The maximum Gasteiger partial charge on any atom is 0.257 e. The second-order valence-electron chi connectivity index (χ2n) is 3.71. The fourth-order valence-corrected chi connectivity index (χ4v) is 1.90. The molecule has 1 heterocycles. The number of hydrogen-bond donors (Lipinski definition) is 1. The molecular formula is C12H12BrN3O. The molecule has 0 bridgehead atoms. The number of aromatic nitrogens is 2. The summed E-state index contributed by atoms with van der Waals surface area (Å²) >= 11 is 3.41. The van der Waals surface area contributed by atoms with Crippen molar-refractivity contribution in [2.24, 2.45) is 7.05 Å². The summed E-state index contributed by atoms with van der Waals surface area (Å²) in [6, 6.07) is 7.31. The number of amides is 1. The normalized spacial score (nSPS) is 10.3. The molecule has 0 radical (unpaired) electrons. The van der Waals surface area contributed by atoms with Crippen LogP contribution in [0.5, 0.6) is 0 Å². The van der Waals surface area contributed by atoms with Gasteiger partial charge in [0.15, 0.2) is 0 Å². The highest BCUT2D eigenvalue weighted by Gasteiger charge is 2.11. The van der Waals surface area contributed by atoms with Gasteiger partial charge in [-0.1, -0.05) is 22.0 Å². The third-order valence-corrected chi connectivity index (χ3v) is 3.43. The van der Waals surface area contributed by atoms with E-state index in [0.717, 1.165) is 10.0 Å². The lowest BCUT2D eigenvalue weighted by atomic mass is 10.1. The summed E-state index contributed by atoms with van der Waals surface area (Å²) in [6.07, 6.45) is 1.64. The summed E-state index contributed by atoms with van der Waals surface area (Å²) in [5.41, 5.74) is 1.58. The lowest BCUT2D eigenvalue weighted by Crippen LogP contribution is -2.15. The number of benzene rings is 1. The van der Waals surface area contributed by atoms with Gasteiger partial charge in [-0.25, -0.2) is 0 Å². The Morgan fingerprint density at radius 3 is 2.82 bits per heavy atom. The van der Waals surface area contributed by atoms with E-state index in [0.29, 0.717) is 11.4 Å². The average molecular weight is 294 g/mol. The van der Waals surface area contributed by atoms with Crippen LogP contribution >= 0.6 is 15.9 Å². The fraction of sp³-hybridized carbons (Fsp3) is 0.167. The van der Waals surface area contributed by atoms with Crippen LogP contribution in [0.25, 0.3) is 0 Å². The first-order valence-corrected chi connectivity index (χ1v) is 5.93. The van der Waals surface area contributed by atoms with Crippen molar-refractivity contribution in [3.05, 3.63) is 46.1 Å². The molecule has 0 saturated heterocycles. The lowest BCUT2D eigenvalue weighted by molar-refractivity contribution is 0.102. The molecule has 0 aliphatic heterocycles. The molecule has 17 heavy (non-hydrogen) atoms. The molecule has 5 heteroatoms. The Morgan fingerprint density at radius 2 is 2.18 bits per heavy atom. The molecule has 88 valence electrons. The van der Waals surface area contributed by atoms with Gasteiger partial charge in [-0.15, -0.1) is 0 Å². The highest BCUT2D eigenvalue weighted by Crippen LogP contribution is 2.20. The van der Waals surface area contributed by atoms with Crippen molar-refractivity contribution in [2.45, 2.75) is 6.92 Å². The van der Waals surface area contributed by atoms with Crippen LogP contribution in [0.15, 0.2) is 34.9 Å². The van der Waals surface area contributed by atoms with E-state index in [-0.39, 0.29) is 5.91 Å². The van der Waals surface area contributed by atoms with Crippen LogP contribution in [0.4, 0.5) is 5.82 Å². The third kappa shape index (κ3) is 2.39. The van der Waals surface area contributed by atoms with Gasteiger partial charge in [-0.3, -0.25) is 9.48 Å². The zero-order valence-electron chi connectivity index (χ0n) is 9.57. The first kappa shape index (κ1) is 11.9. The number of nitrogens with one attached hydrogen (secondary N) is 1. The minimum atomic E-state index is -0.132. The summed E-state index contributed by atoms with van der Waals surface area (Å²) in [5, 5.41) is 6.81. The molecule has 2 rings (SSSR count). The van der Waals surface area contributed by atoms with Crippen molar-refractivity contribution in [3.63, 3.8) is 0 Å². The predicted molar refractivity (Wildman–Crippen MR) is 70.0 cm³/mol. The zero-order chi connectivity index (χ0) is 12.4. The molecule has 0 spiro atoms. The number of carbonyl (C=O) groups excluding carboxylic acids is 1. The maximum atomic E-state index is 12.1. The van der Waals surface area contributed by atoms with E-state index in [2.05, 4.69) is 26.3 Å². The van der Waals surface area contributed by atoms with Crippen LogP contribution < -0.4 is 5.32 Å². The Hall–Kier alpha value is -1.62. The quantitative estimate of drug-likeness (QED) is 0.925. The molecule has 1 N–H and O–H groups in total. The molecule has 4 nitrogen and oxygen atoms in total. The number of carbonyl (C=O) groups is 1. The monoisotopic (exact) mass is 293 g/mol. The summed E-state index contributed by atoms with van der Waals surface area (Å²) in [6.45, 7) is 1.90. The average Bonchev–Trinajstić information content (AvgIpc) is 2.68. The highest BCUT2D eigenvalue weighted by atomic mass is 79.9. The van der Waals surface area contributed by atoms with E-state index in [1.54, 1.807) is 30.1 Å². The van der Waals surface area contributed by atoms with Crippen LogP contribution in [-0.2, 0) is 7.05 Å².